The molecule has 0 aliphatic heterocycles. The molecular weight excluding hydrogens is 442 g/mol. The molecule has 1 heterocycles. The van der Waals surface area contributed by atoms with Crippen LogP contribution in [0.25, 0.3) is 22.2 Å². The van der Waals surface area contributed by atoms with Gasteiger partial charge < -0.3 is 4.74 Å². The van der Waals surface area contributed by atoms with Crippen LogP contribution in [0.1, 0.15) is 26.3 Å². The third-order valence-electron chi connectivity index (χ3n) is 4.77. The number of Topliss-reactive ketones (excluding diaryl/α,β-unsaturated/α-hetero) is 1. The van der Waals surface area contributed by atoms with E-state index in [9.17, 15) is 9.59 Å². The molecule has 0 atom stereocenters. The third-order valence-corrected chi connectivity index (χ3v) is 5.26. The molecule has 0 spiro atoms. The van der Waals surface area contributed by atoms with Gasteiger partial charge >= 0.3 is 5.97 Å². The van der Waals surface area contributed by atoms with E-state index in [-0.39, 0.29) is 12.4 Å². The monoisotopic (exact) mass is 459 g/mol. The molecule has 148 valence electrons. The highest BCUT2D eigenvalue weighted by atomic mass is 79.9. The minimum atomic E-state index is -0.557. The Balaban J connectivity index is 1.69. The summed E-state index contributed by atoms with van der Waals surface area (Å²) in [6.07, 6.45) is 0. The molecule has 1 aromatic heterocycles. The number of hydrogen-bond acceptors (Lipinski definition) is 4. The van der Waals surface area contributed by atoms with Gasteiger partial charge in [-0.2, -0.15) is 0 Å². The summed E-state index contributed by atoms with van der Waals surface area (Å²) < 4.78 is 6.20. The van der Waals surface area contributed by atoms with E-state index in [1.165, 1.54) is 0 Å². The summed E-state index contributed by atoms with van der Waals surface area (Å²) in [5, 5.41) is 0.664. The average Bonchev–Trinajstić information content (AvgIpc) is 2.77. The van der Waals surface area contributed by atoms with Gasteiger partial charge in [0.25, 0.3) is 0 Å². The fourth-order valence-corrected chi connectivity index (χ4v) is 3.52. The van der Waals surface area contributed by atoms with Gasteiger partial charge in [-0.1, -0.05) is 76.1 Å². The second-order valence-electron chi connectivity index (χ2n) is 6.95. The maximum Gasteiger partial charge on any atom is 0.339 e. The zero-order chi connectivity index (χ0) is 21.1. The van der Waals surface area contributed by atoms with Gasteiger partial charge in [-0.15, -0.1) is 0 Å². The molecule has 30 heavy (non-hydrogen) atoms. The summed E-state index contributed by atoms with van der Waals surface area (Å²) in [7, 11) is 0. The van der Waals surface area contributed by atoms with Gasteiger partial charge in [0, 0.05) is 21.0 Å². The lowest BCUT2D eigenvalue weighted by molar-refractivity contribution is 0.0476. The number of aryl methyl sites for hydroxylation is 1. The topological polar surface area (TPSA) is 56.3 Å². The van der Waals surface area contributed by atoms with Crippen molar-refractivity contribution in [2.24, 2.45) is 0 Å². The molecule has 0 amide bonds. The molecule has 0 saturated heterocycles. The maximum absolute atomic E-state index is 12.9. The molecule has 0 aliphatic rings. The van der Waals surface area contributed by atoms with E-state index in [2.05, 4.69) is 15.9 Å². The number of benzene rings is 3. The first kappa shape index (κ1) is 20.0. The Morgan fingerprint density at radius 3 is 2.40 bits per heavy atom. The number of esters is 1. The van der Waals surface area contributed by atoms with Gasteiger partial charge in [-0.25, -0.2) is 9.78 Å². The van der Waals surface area contributed by atoms with Gasteiger partial charge in [-0.3, -0.25) is 4.79 Å². The van der Waals surface area contributed by atoms with E-state index in [1.807, 2.05) is 55.5 Å². The predicted octanol–water partition coefficient (Wildman–Crippen LogP) is 6.01. The van der Waals surface area contributed by atoms with Crippen LogP contribution in [0.2, 0.25) is 0 Å². The Morgan fingerprint density at radius 2 is 1.67 bits per heavy atom. The lowest BCUT2D eigenvalue weighted by Gasteiger charge is -2.11. The van der Waals surface area contributed by atoms with Gasteiger partial charge in [0.2, 0.25) is 0 Å². The molecule has 5 heteroatoms. The first-order chi connectivity index (χ1) is 14.5. The summed E-state index contributed by atoms with van der Waals surface area (Å²) in [4.78, 5) is 30.0. The lowest BCUT2D eigenvalue weighted by atomic mass is 10.0. The number of aromatic nitrogens is 1. The van der Waals surface area contributed by atoms with Crippen LogP contribution in [0.15, 0.2) is 83.3 Å². The molecule has 0 saturated carbocycles. The van der Waals surface area contributed by atoms with Crippen LogP contribution in [-0.4, -0.2) is 23.3 Å². The molecule has 0 fully saturated rings. The first-order valence-electron chi connectivity index (χ1n) is 9.44. The van der Waals surface area contributed by atoms with Crippen molar-refractivity contribution in [3.8, 4) is 11.3 Å². The number of pyridine rings is 1. The molecule has 4 aromatic rings. The van der Waals surface area contributed by atoms with E-state index < -0.39 is 5.97 Å². The fraction of sp³-hybridized carbons (Fsp3) is 0.0800. The van der Waals surface area contributed by atoms with E-state index in [0.29, 0.717) is 27.7 Å². The fourth-order valence-electron chi connectivity index (χ4n) is 3.16. The summed E-state index contributed by atoms with van der Waals surface area (Å²) in [6.45, 7) is 1.70. The molecule has 0 N–H and O–H groups in total. The number of rotatable bonds is 5. The van der Waals surface area contributed by atoms with Crippen molar-refractivity contribution >= 4 is 38.6 Å². The number of ether oxygens (including phenoxy) is 1. The van der Waals surface area contributed by atoms with Crippen molar-refractivity contribution in [1.82, 2.24) is 4.98 Å². The number of carbonyl (C=O) groups excluding carboxylic acids is 2. The van der Waals surface area contributed by atoms with Crippen LogP contribution in [-0.2, 0) is 4.74 Å². The molecule has 3 aromatic carbocycles. The Kier molecular flexibility index (Phi) is 5.72. The molecule has 4 nitrogen and oxygen atoms in total. The largest absolute Gasteiger partial charge is 0.454 e. The Bertz CT molecular complexity index is 1230. The van der Waals surface area contributed by atoms with Gasteiger partial charge in [-0.05, 0) is 31.2 Å². The second-order valence-corrected chi connectivity index (χ2v) is 7.86. The van der Waals surface area contributed by atoms with Gasteiger partial charge in [0.1, 0.15) is 0 Å². The van der Waals surface area contributed by atoms with Crippen molar-refractivity contribution in [2.75, 3.05) is 6.61 Å². The summed E-state index contributed by atoms with van der Waals surface area (Å²) >= 11 is 3.45. The summed E-state index contributed by atoms with van der Waals surface area (Å²) in [5.41, 5.74) is 4.27. The molecular formula is C25H18BrNO3. The Labute approximate surface area is 182 Å². The highest BCUT2D eigenvalue weighted by Gasteiger charge is 2.17. The van der Waals surface area contributed by atoms with Gasteiger partial charge in [0.15, 0.2) is 12.4 Å². The lowest BCUT2D eigenvalue weighted by Crippen LogP contribution is -2.15. The maximum atomic E-state index is 12.9. The predicted molar refractivity (Wildman–Crippen MR) is 121 cm³/mol. The van der Waals surface area contributed by atoms with Crippen molar-refractivity contribution < 1.29 is 14.3 Å². The zero-order valence-electron chi connectivity index (χ0n) is 16.3. The van der Waals surface area contributed by atoms with Crippen LogP contribution in [0.5, 0.6) is 0 Å². The van der Waals surface area contributed by atoms with Crippen molar-refractivity contribution in [3.63, 3.8) is 0 Å². The molecule has 0 radical (unpaired) electrons. The van der Waals surface area contributed by atoms with E-state index in [4.69, 9.17) is 9.72 Å². The SMILES string of the molecule is Cc1ccc(-c2cc(C(=O)OCC(=O)c3ccccc3)c3cc(Br)ccc3n2)cc1. The quantitative estimate of drug-likeness (QED) is 0.270. The van der Waals surface area contributed by atoms with Crippen LogP contribution in [0.3, 0.4) is 0 Å². The number of nitrogens with zero attached hydrogens (tertiary/aromatic N) is 1. The Morgan fingerprint density at radius 1 is 0.933 bits per heavy atom. The molecule has 0 bridgehead atoms. The highest BCUT2D eigenvalue weighted by Crippen LogP contribution is 2.28. The number of fused-ring (bicyclic) bond motifs is 1. The molecule has 4 rings (SSSR count). The first-order valence-corrected chi connectivity index (χ1v) is 10.2. The van der Waals surface area contributed by atoms with Crippen LogP contribution >= 0.6 is 15.9 Å². The zero-order valence-corrected chi connectivity index (χ0v) is 17.8. The third kappa shape index (κ3) is 4.31. The standard InChI is InChI=1S/C25H18BrNO3/c1-16-7-9-17(10-8-16)23-14-21(20-13-19(26)11-12-22(20)27-23)25(29)30-15-24(28)18-5-3-2-4-6-18/h2-14H,15H2,1H3. The van der Waals surface area contributed by atoms with E-state index in [1.54, 1.807) is 30.3 Å². The normalized spacial score (nSPS) is 10.7. The van der Waals surface area contributed by atoms with E-state index in [0.717, 1.165) is 15.6 Å². The van der Waals surface area contributed by atoms with Crippen molar-refractivity contribution in [1.29, 1.82) is 0 Å². The second kappa shape index (κ2) is 8.59. The molecule has 0 aliphatic carbocycles. The summed E-state index contributed by atoms with van der Waals surface area (Å²) in [6, 6.07) is 24.0. The average molecular weight is 460 g/mol. The van der Waals surface area contributed by atoms with Crippen molar-refractivity contribution in [2.45, 2.75) is 6.92 Å². The minimum absolute atomic E-state index is 0.248. The summed E-state index contributed by atoms with van der Waals surface area (Å²) in [5.74, 6) is -0.805. The van der Waals surface area contributed by atoms with E-state index >= 15 is 0 Å². The number of hydrogen-bond donors (Lipinski definition) is 0. The highest BCUT2D eigenvalue weighted by molar-refractivity contribution is 9.10. The minimum Gasteiger partial charge on any atom is -0.454 e. The molecule has 0 unspecified atom stereocenters. The van der Waals surface area contributed by atoms with Crippen LogP contribution in [0.4, 0.5) is 0 Å². The Hall–Kier alpha value is -3.31. The van der Waals surface area contributed by atoms with Gasteiger partial charge in [0.05, 0.1) is 16.8 Å². The van der Waals surface area contributed by atoms with Crippen LogP contribution in [0, 0.1) is 6.92 Å². The van der Waals surface area contributed by atoms with Crippen molar-refractivity contribution in [3.05, 3.63) is 100 Å². The number of halogens is 1. The number of carbonyl (C=O) groups is 2. The number of ketones is 1. The smallest absolute Gasteiger partial charge is 0.339 e. The van der Waals surface area contributed by atoms with Crippen LogP contribution < -0.4 is 0 Å².